The van der Waals surface area contributed by atoms with E-state index in [2.05, 4.69) is 16.2 Å². The molecule has 3 N–H and O–H groups in total. The van der Waals surface area contributed by atoms with Crippen molar-refractivity contribution in [2.24, 2.45) is 0 Å². The molecule has 1 fully saturated rings. The summed E-state index contributed by atoms with van der Waals surface area (Å²) in [5.41, 5.74) is 7.71. The molecule has 1 aliphatic rings. The summed E-state index contributed by atoms with van der Waals surface area (Å²) < 4.78 is 0. The number of nitrogens with one attached hydrogen (secondary N) is 3. The molecular weight excluding hydrogens is 316 g/mol. The number of carbonyl (C=O) groups excluding carboxylic acids is 3. The number of aryl methyl sites for hydroxylation is 2. The van der Waals surface area contributed by atoms with Crippen molar-refractivity contribution in [1.29, 1.82) is 0 Å². The lowest BCUT2D eigenvalue weighted by atomic mass is 10.1. The summed E-state index contributed by atoms with van der Waals surface area (Å²) in [6.07, 6.45) is 0. The second kappa shape index (κ2) is 7.87. The molecular formula is C15H20N4O3S. The predicted molar refractivity (Wildman–Crippen MR) is 89.7 cm³/mol. The molecule has 1 aliphatic heterocycles. The molecule has 7 nitrogen and oxygen atoms in total. The topological polar surface area (TPSA) is 90.5 Å². The molecule has 0 aliphatic carbocycles. The van der Waals surface area contributed by atoms with Gasteiger partial charge in [0.1, 0.15) is 6.54 Å². The second-order valence-electron chi connectivity index (χ2n) is 5.34. The van der Waals surface area contributed by atoms with Gasteiger partial charge in [0.05, 0.1) is 18.2 Å². The van der Waals surface area contributed by atoms with Crippen LogP contribution in [0, 0.1) is 13.8 Å². The van der Waals surface area contributed by atoms with Crippen molar-refractivity contribution < 1.29 is 14.4 Å². The molecule has 0 atom stereocenters. The van der Waals surface area contributed by atoms with Crippen LogP contribution in [0.4, 0.5) is 5.69 Å². The zero-order valence-corrected chi connectivity index (χ0v) is 14.0. The summed E-state index contributed by atoms with van der Waals surface area (Å²) in [5, 5.41) is 3.01. The molecule has 0 saturated carbocycles. The van der Waals surface area contributed by atoms with E-state index in [4.69, 9.17) is 0 Å². The fourth-order valence-corrected chi connectivity index (χ4v) is 3.03. The Bertz CT molecular complexity index is 621. The molecule has 1 aromatic rings. The molecule has 8 heteroatoms. The van der Waals surface area contributed by atoms with Gasteiger partial charge in [0.2, 0.25) is 5.91 Å². The third-order valence-corrected chi connectivity index (χ3v) is 4.27. The van der Waals surface area contributed by atoms with Gasteiger partial charge in [-0.25, -0.2) is 0 Å². The van der Waals surface area contributed by atoms with E-state index >= 15 is 0 Å². The maximum absolute atomic E-state index is 11.7. The highest BCUT2D eigenvalue weighted by molar-refractivity contribution is 8.00. The molecule has 1 heterocycles. The van der Waals surface area contributed by atoms with Crippen molar-refractivity contribution >= 4 is 35.2 Å². The van der Waals surface area contributed by atoms with Crippen molar-refractivity contribution in [2.75, 3.05) is 30.0 Å². The first kappa shape index (κ1) is 17.1. The number of nitrogens with zero attached hydrogens (tertiary/aromatic N) is 1. The van der Waals surface area contributed by atoms with E-state index in [1.807, 2.05) is 32.0 Å². The monoisotopic (exact) mass is 336 g/mol. The van der Waals surface area contributed by atoms with Gasteiger partial charge in [-0.2, -0.15) is 0 Å². The Morgan fingerprint density at radius 1 is 1.22 bits per heavy atom. The molecule has 3 amide bonds. The maximum Gasteiger partial charge on any atom is 0.258 e. The minimum atomic E-state index is -0.416. The first-order valence-electron chi connectivity index (χ1n) is 7.20. The van der Waals surface area contributed by atoms with Crippen LogP contribution in [0.1, 0.15) is 11.1 Å². The molecule has 23 heavy (non-hydrogen) atoms. The fourth-order valence-electron chi connectivity index (χ4n) is 2.12. The number of carbonyl (C=O) groups is 3. The van der Waals surface area contributed by atoms with Gasteiger partial charge in [-0.05, 0) is 25.5 Å². The van der Waals surface area contributed by atoms with Gasteiger partial charge in [0.15, 0.2) is 0 Å². The van der Waals surface area contributed by atoms with E-state index in [1.165, 1.54) is 16.7 Å². The lowest BCUT2D eigenvalue weighted by Gasteiger charge is -2.15. The summed E-state index contributed by atoms with van der Waals surface area (Å²) in [6.45, 7) is 3.96. The Morgan fingerprint density at radius 3 is 2.61 bits per heavy atom. The second-order valence-corrected chi connectivity index (χ2v) is 6.29. The standard InChI is InChI=1S/C15H20N4O3S/c1-10-3-4-12(11(2)5-10)16-6-13(20)17-18-14(21)7-19-9-23-8-15(19)22/h3-5,16H,6-9H2,1-2H3,(H,17,20)(H,18,21). The maximum atomic E-state index is 11.7. The zero-order chi connectivity index (χ0) is 16.8. The van der Waals surface area contributed by atoms with Gasteiger partial charge in [0.25, 0.3) is 11.8 Å². The van der Waals surface area contributed by atoms with E-state index in [1.54, 1.807) is 0 Å². The van der Waals surface area contributed by atoms with E-state index in [-0.39, 0.29) is 24.9 Å². The van der Waals surface area contributed by atoms with Gasteiger partial charge >= 0.3 is 0 Å². The van der Waals surface area contributed by atoms with Crippen LogP contribution in [0.15, 0.2) is 18.2 Å². The van der Waals surface area contributed by atoms with Crippen LogP contribution in [0.25, 0.3) is 0 Å². The summed E-state index contributed by atoms with van der Waals surface area (Å²) in [7, 11) is 0. The number of anilines is 1. The van der Waals surface area contributed by atoms with Crippen molar-refractivity contribution in [3.8, 4) is 0 Å². The van der Waals surface area contributed by atoms with Crippen LogP contribution in [0.2, 0.25) is 0 Å². The number of hydrogen-bond donors (Lipinski definition) is 3. The quantitative estimate of drug-likeness (QED) is 0.677. The number of hydrazine groups is 1. The minimum absolute atomic E-state index is 0.0443. The van der Waals surface area contributed by atoms with Crippen molar-refractivity contribution in [3.63, 3.8) is 0 Å². The Morgan fingerprint density at radius 2 is 1.96 bits per heavy atom. The molecule has 1 aromatic carbocycles. The molecule has 0 radical (unpaired) electrons. The highest BCUT2D eigenvalue weighted by atomic mass is 32.2. The van der Waals surface area contributed by atoms with E-state index in [0.29, 0.717) is 11.6 Å². The normalized spacial score (nSPS) is 13.8. The molecule has 0 unspecified atom stereocenters. The van der Waals surface area contributed by atoms with E-state index in [0.717, 1.165) is 16.8 Å². The molecule has 0 spiro atoms. The lowest BCUT2D eigenvalue weighted by Crippen LogP contribution is -2.48. The summed E-state index contributed by atoms with van der Waals surface area (Å²) in [4.78, 5) is 36.2. The Labute approximate surface area is 139 Å². The average molecular weight is 336 g/mol. The van der Waals surface area contributed by atoms with E-state index < -0.39 is 5.91 Å². The predicted octanol–water partition coefficient (Wildman–Crippen LogP) is 0.396. The first-order chi connectivity index (χ1) is 11.0. The number of benzene rings is 1. The van der Waals surface area contributed by atoms with Crippen LogP contribution in [0.3, 0.4) is 0 Å². The minimum Gasteiger partial charge on any atom is -0.376 e. The van der Waals surface area contributed by atoms with Crippen LogP contribution in [0.5, 0.6) is 0 Å². The third kappa shape index (κ3) is 5.17. The van der Waals surface area contributed by atoms with Crippen molar-refractivity contribution in [1.82, 2.24) is 15.8 Å². The van der Waals surface area contributed by atoms with Gasteiger partial charge in [0, 0.05) is 5.69 Å². The largest absolute Gasteiger partial charge is 0.376 e. The van der Waals surface area contributed by atoms with Gasteiger partial charge in [-0.1, -0.05) is 17.7 Å². The Hall–Kier alpha value is -2.22. The Kier molecular flexibility index (Phi) is 5.86. The lowest BCUT2D eigenvalue weighted by molar-refractivity contribution is -0.133. The number of amides is 3. The molecule has 124 valence electrons. The van der Waals surface area contributed by atoms with Crippen molar-refractivity contribution in [2.45, 2.75) is 13.8 Å². The highest BCUT2D eigenvalue weighted by Gasteiger charge is 2.22. The van der Waals surface area contributed by atoms with Crippen LogP contribution < -0.4 is 16.2 Å². The van der Waals surface area contributed by atoms with Crippen LogP contribution >= 0.6 is 11.8 Å². The first-order valence-corrected chi connectivity index (χ1v) is 8.35. The van der Waals surface area contributed by atoms with E-state index in [9.17, 15) is 14.4 Å². The number of hydrogen-bond acceptors (Lipinski definition) is 5. The molecule has 2 rings (SSSR count). The zero-order valence-electron chi connectivity index (χ0n) is 13.1. The summed E-state index contributed by atoms with van der Waals surface area (Å²) in [5.74, 6) is 0.0719. The Balaban J connectivity index is 1.70. The molecule has 0 bridgehead atoms. The summed E-state index contributed by atoms with van der Waals surface area (Å²) >= 11 is 1.46. The van der Waals surface area contributed by atoms with Gasteiger partial charge in [-0.3, -0.25) is 25.2 Å². The van der Waals surface area contributed by atoms with Gasteiger partial charge < -0.3 is 10.2 Å². The molecule has 1 saturated heterocycles. The highest BCUT2D eigenvalue weighted by Crippen LogP contribution is 2.15. The smallest absolute Gasteiger partial charge is 0.258 e. The number of rotatable bonds is 5. The van der Waals surface area contributed by atoms with Crippen molar-refractivity contribution in [3.05, 3.63) is 29.3 Å². The van der Waals surface area contributed by atoms with Crippen LogP contribution in [-0.2, 0) is 14.4 Å². The third-order valence-electron chi connectivity index (χ3n) is 3.32. The SMILES string of the molecule is Cc1ccc(NCC(=O)NNC(=O)CN2CSCC2=O)c(C)c1. The van der Waals surface area contributed by atoms with Crippen LogP contribution in [-0.4, -0.2) is 47.3 Å². The number of thioether (sulfide) groups is 1. The molecule has 0 aromatic heterocycles. The fraction of sp³-hybridized carbons (Fsp3) is 0.400. The summed E-state index contributed by atoms with van der Waals surface area (Å²) in [6, 6.07) is 5.89. The average Bonchev–Trinajstić information content (AvgIpc) is 2.89. The van der Waals surface area contributed by atoms with Gasteiger partial charge in [-0.15, -0.1) is 11.8 Å².